The highest BCUT2D eigenvalue weighted by molar-refractivity contribution is 7.23. The summed E-state index contributed by atoms with van der Waals surface area (Å²) >= 11 is 3.73. The van der Waals surface area contributed by atoms with Crippen molar-refractivity contribution in [3.8, 4) is 32.8 Å². The SMILES string of the molecule is CCCCCCCCCCCCCCCCOc1ccc(C(=Cc2ccc(-c3ccc(C=C(c4ccc(OCCCCCCCCCCCCCCCC)cc4)c4ccc(OCCCCCCCCCCCCCCCC)cc4)s3)s2)c2ccc(OCCCCCCCCCCCCCCCC)cc2)cc1. The Labute approximate surface area is 660 Å². The van der Waals surface area contributed by atoms with Gasteiger partial charge in [0.25, 0.3) is 0 Å². The smallest absolute Gasteiger partial charge is 0.119 e. The summed E-state index contributed by atoms with van der Waals surface area (Å²) in [6.07, 6.45) is 81.0. The molecule has 6 aromatic rings. The zero-order valence-corrected chi connectivity index (χ0v) is 70.2. The van der Waals surface area contributed by atoms with Gasteiger partial charge in [0.15, 0.2) is 0 Å². The van der Waals surface area contributed by atoms with Crippen LogP contribution in [0.2, 0.25) is 0 Å². The Morgan fingerprint density at radius 2 is 0.358 bits per heavy atom. The van der Waals surface area contributed by atoms with Gasteiger partial charge in [0, 0.05) is 19.5 Å². The minimum atomic E-state index is 0.769. The summed E-state index contributed by atoms with van der Waals surface area (Å²) in [7, 11) is 0. The average Bonchev–Trinajstić information content (AvgIpc) is 1.63. The Morgan fingerprint density at radius 1 is 0.198 bits per heavy atom. The molecule has 0 unspecified atom stereocenters. The number of thiophene rings is 2. The number of rotatable bonds is 71. The second-order valence-corrected chi connectivity index (χ2v) is 33.6. The van der Waals surface area contributed by atoms with Gasteiger partial charge in [-0.2, -0.15) is 0 Å². The van der Waals surface area contributed by atoms with E-state index >= 15 is 0 Å². The molecule has 0 atom stereocenters. The fourth-order valence-corrected chi connectivity index (χ4v) is 16.9. The molecule has 0 aliphatic rings. The summed E-state index contributed by atoms with van der Waals surface area (Å²) in [5.74, 6) is 3.79. The Balaban J connectivity index is 1.06. The summed E-state index contributed by atoms with van der Waals surface area (Å²) in [5.41, 5.74) is 7.12. The lowest BCUT2D eigenvalue weighted by Gasteiger charge is -2.12. The molecule has 0 fully saturated rings. The maximum Gasteiger partial charge on any atom is 0.119 e. The zero-order valence-electron chi connectivity index (χ0n) is 68.6. The third-order valence-corrected chi connectivity index (χ3v) is 24.1. The van der Waals surface area contributed by atoms with Crippen molar-refractivity contribution >= 4 is 46.0 Å². The van der Waals surface area contributed by atoms with Crippen LogP contribution in [0.15, 0.2) is 121 Å². The van der Waals surface area contributed by atoms with Crippen molar-refractivity contribution in [2.75, 3.05) is 26.4 Å². The Morgan fingerprint density at radius 3 is 0.528 bits per heavy atom. The van der Waals surface area contributed by atoms with E-state index in [1.165, 1.54) is 387 Å². The highest BCUT2D eigenvalue weighted by Crippen LogP contribution is 2.39. The molecule has 0 aliphatic heterocycles. The van der Waals surface area contributed by atoms with Gasteiger partial charge in [-0.05, 0) is 144 Å². The standard InChI is InChI=1S/C100H154O4S2/c1-5-9-13-17-21-25-29-33-37-41-45-49-53-57-81-101-91-69-61-87(62-70-91)97(88-63-71-92(72-64-88)102-82-58-54-50-46-42-38-34-30-26-22-18-14-10-6-2)85-95-77-79-99(105-95)100-80-78-96(106-100)86-98(89-65-73-93(74-66-89)103-83-59-55-51-47-43-39-35-31-27-23-19-15-11-7-3)90-67-75-94(76-68-90)104-84-60-56-52-48-44-40-36-32-28-24-20-16-12-8-4/h61-80,85-86H,5-60,81-84H2,1-4H3. The van der Waals surface area contributed by atoms with E-state index in [1.54, 1.807) is 0 Å². The van der Waals surface area contributed by atoms with Crippen molar-refractivity contribution in [1.29, 1.82) is 0 Å². The third kappa shape index (κ3) is 42.8. The predicted octanol–water partition coefficient (Wildman–Crippen LogP) is 34.1. The molecule has 0 radical (unpaired) electrons. The fraction of sp³-hybridized carbons (Fsp3) is 0.640. The van der Waals surface area contributed by atoms with E-state index in [0.29, 0.717) is 0 Å². The van der Waals surface area contributed by atoms with Gasteiger partial charge in [0.1, 0.15) is 23.0 Å². The average molecular weight is 1480 g/mol. The van der Waals surface area contributed by atoms with Crippen LogP contribution in [0.4, 0.5) is 0 Å². The van der Waals surface area contributed by atoms with Crippen molar-refractivity contribution in [2.24, 2.45) is 0 Å². The molecule has 0 saturated heterocycles. The third-order valence-electron chi connectivity index (χ3n) is 21.8. The zero-order chi connectivity index (χ0) is 74.3. The van der Waals surface area contributed by atoms with Crippen molar-refractivity contribution in [1.82, 2.24) is 0 Å². The van der Waals surface area contributed by atoms with Crippen LogP contribution >= 0.6 is 22.7 Å². The summed E-state index contributed by atoms with van der Waals surface area (Å²) in [6.45, 7) is 12.3. The quantitative estimate of drug-likeness (QED) is 0.0357. The molecule has 6 heteroatoms. The summed E-state index contributed by atoms with van der Waals surface area (Å²) in [6, 6.07) is 44.6. The van der Waals surface area contributed by atoms with E-state index in [0.717, 1.165) is 75.1 Å². The van der Waals surface area contributed by atoms with Gasteiger partial charge in [-0.15, -0.1) is 22.7 Å². The first-order valence-electron chi connectivity index (χ1n) is 45.1. The second kappa shape index (κ2) is 62.7. The van der Waals surface area contributed by atoms with Crippen molar-refractivity contribution in [2.45, 2.75) is 387 Å². The molecule has 0 spiro atoms. The van der Waals surface area contributed by atoms with E-state index in [4.69, 9.17) is 18.9 Å². The van der Waals surface area contributed by atoms with Gasteiger partial charge in [-0.25, -0.2) is 0 Å². The second-order valence-electron chi connectivity index (χ2n) is 31.4. The summed E-state index contributed by atoms with van der Waals surface area (Å²) in [4.78, 5) is 5.00. The van der Waals surface area contributed by atoms with E-state index in [-0.39, 0.29) is 0 Å². The lowest BCUT2D eigenvalue weighted by atomic mass is 9.97. The highest BCUT2D eigenvalue weighted by Gasteiger charge is 2.14. The van der Waals surface area contributed by atoms with Crippen LogP contribution in [0.3, 0.4) is 0 Å². The van der Waals surface area contributed by atoms with E-state index < -0.39 is 0 Å². The van der Waals surface area contributed by atoms with Gasteiger partial charge in [-0.1, -0.05) is 410 Å². The lowest BCUT2D eigenvalue weighted by molar-refractivity contribution is 0.304. The molecule has 0 amide bonds. The van der Waals surface area contributed by atoms with Gasteiger partial charge in [-0.3, -0.25) is 0 Å². The highest BCUT2D eigenvalue weighted by atomic mass is 32.1. The van der Waals surface area contributed by atoms with Crippen LogP contribution in [0, 0.1) is 0 Å². The Kier molecular flexibility index (Phi) is 53.1. The first-order chi connectivity index (χ1) is 52.6. The van der Waals surface area contributed by atoms with E-state index in [2.05, 4.69) is 161 Å². The van der Waals surface area contributed by atoms with Crippen molar-refractivity contribution in [3.63, 3.8) is 0 Å². The molecule has 4 aromatic carbocycles. The minimum Gasteiger partial charge on any atom is -0.494 e. The van der Waals surface area contributed by atoms with Gasteiger partial charge in [0.05, 0.1) is 26.4 Å². The Bertz CT molecular complexity index is 2650. The van der Waals surface area contributed by atoms with Gasteiger partial charge in [0.2, 0.25) is 0 Å². The monoisotopic (exact) mass is 1480 g/mol. The van der Waals surface area contributed by atoms with E-state index in [1.807, 2.05) is 22.7 Å². The van der Waals surface area contributed by atoms with Crippen molar-refractivity contribution < 1.29 is 18.9 Å². The van der Waals surface area contributed by atoms with Gasteiger partial charge >= 0.3 is 0 Å². The predicted molar refractivity (Wildman–Crippen MR) is 471 cm³/mol. The molecule has 2 aromatic heterocycles. The molecule has 106 heavy (non-hydrogen) atoms. The van der Waals surface area contributed by atoms with Crippen LogP contribution < -0.4 is 18.9 Å². The molecule has 590 valence electrons. The number of unbranched alkanes of at least 4 members (excludes halogenated alkanes) is 52. The number of benzene rings is 4. The van der Waals surface area contributed by atoms with Crippen LogP contribution in [0.1, 0.15) is 419 Å². The van der Waals surface area contributed by atoms with Crippen LogP contribution in [-0.4, -0.2) is 26.4 Å². The minimum absolute atomic E-state index is 0.769. The molecule has 6 rings (SSSR count). The topological polar surface area (TPSA) is 36.9 Å². The lowest BCUT2D eigenvalue weighted by Crippen LogP contribution is -1.98. The molecule has 0 N–H and O–H groups in total. The molecular formula is C100H154O4S2. The molecule has 0 aliphatic carbocycles. The molecule has 2 heterocycles. The number of hydrogen-bond donors (Lipinski definition) is 0. The first kappa shape index (κ1) is 89.8. The Hall–Kier alpha value is -5.04. The molecular weight excluding hydrogens is 1330 g/mol. The maximum atomic E-state index is 6.37. The largest absolute Gasteiger partial charge is 0.494 e. The number of hydrogen-bond acceptors (Lipinski definition) is 6. The first-order valence-corrected chi connectivity index (χ1v) is 46.8. The fourth-order valence-electron chi connectivity index (χ4n) is 14.9. The maximum absolute atomic E-state index is 6.37. The van der Waals surface area contributed by atoms with Crippen LogP contribution in [0.25, 0.3) is 33.1 Å². The molecule has 4 nitrogen and oxygen atoms in total. The number of ether oxygens (including phenoxy) is 4. The van der Waals surface area contributed by atoms with Crippen molar-refractivity contribution in [3.05, 3.63) is 153 Å². The van der Waals surface area contributed by atoms with E-state index in [9.17, 15) is 0 Å². The summed E-state index contributed by atoms with van der Waals surface area (Å²) in [5, 5.41) is 0. The van der Waals surface area contributed by atoms with Crippen LogP contribution in [0.5, 0.6) is 23.0 Å². The normalized spacial score (nSPS) is 11.4. The molecule has 0 saturated carbocycles. The van der Waals surface area contributed by atoms with Gasteiger partial charge < -0.3 is 18.9 Å². The van der Waals surface area contributed by atoms with Crippen LogP contribution in [-0.2, 0) is 0 Å². The summed E-state index contributed by atoms with van der Waals surface area (Å²) < 4.78 is 25.5. The molecule has 0 bridgehead atoms.